The number of hydrogen-bond acceptors (Lipinski definition) is 4. The van der Waals surface area contributed by atoms with Gasteiger partial charge in [-0.25, -0.2) is 0 Å². The van der Waals surface area contributed by atoms with Crippen molar-refractivity contribution in [2.45, 2.75) is 13.8 Å². The van der Waals surface area contributed by atoms with Crippen molar-refractivity contribution in [2.24, 2.45) is 0 Å². The van der Waals surface area contributed by atoms with Crippen LogP contribution in [-0.4, -0.2) is 49.2 Å². The normalized spacial score (nSPS) is 11.2. The lowest BCUT2D eigenvalue weighted by molar-refractivity contribution is 0.287. The van der Waals surface area contributed by atoms with Gasteiger partial charge < -0.3 is 15.0 Å². The van der Waals surface area contributed by atoms with Crippen molar-refractivity contribution >= 4 is 10.9 Å². The third-order valence-electron chi connectivity index (χ3n) is 3.64. The van der Waals surface area contributed by atoms with Crippen LogP contribution in [0, 0.1) is 0 Å². The minimum atomic E-state index is 0.673. The van der Waals surface area contributed by atoms with Crippen LogP contribution in [0.2, 0.25) is 0 Å². The summed E-state index contributed by atoms with van der Waals surface area (Å²) >= 11 is 0. The largest absolute Gasteiger partial charge is 0.492 e. The molecule has 0 saturated heterocycles. The summed E-state index contributed by atoms with van der Waals surface area (Å²) in [5.74, 6) is 0.908. The third-order valence-corrected chi connectivity index (χ3v) is 3.64. The fourth-order valence-corrected chi connectivity index (χ4v) is 2.34. The lowest BCUT2D eigenvalue weighted by Gasteiger charge is -2.18. The number of likely N-dealkylation sites (N-methyl/N-ethyl adjacent to an activating group) is 1. The zero-order valence-electron chi connectivity index (χ0n) is 13.0. The summed E-state index contributed by atoms with van der Waals surface area (Å²) in [5, 5.41) is 4.49. The zero-order chi connectivity index (χ0) is 14.9. The average molecular weight is 287 g/mol. The Balaban J connectivity index is 1.73. The predicted octanol–water partition coefficient (Wildman–Crippen LogP) is 2.54. The first-order valence-electron chi connectivity index (χ1n) is 7.74. The van der Waals surface area contributed by atoms with Crippen LogP contribution >= 0.6 is 0 Å². The molecule has 0 aliphatic heterocycles. The Bertz CT molecular complexity index is 535. The lowest BCUT2D eigenvalue weighted by atomic mass is 10.2. The van der Waals surface area contributed by atoms with E-state index in [4.69, 9.17) is 4.74 Å². The van der Waals surface area contributed by atoms with E-state index in [9.17, 15) is 0 Å². The number of pyridine rings is 1. The van der Waals surface area contributed by atoms with Crippen molar-refractivity contribution in [1.29, 1.82) is 0 Å². The molecule has 0 aliphatic rings. The van der Waals surface area contributed by atoms with Crippen LogP contribution < -0.4 is 10.1 Å². The maximum Gasteiger partial charge on any atom is 0.128 e. The van der Waals surface area contributed by atoms with Crippen LogP contribution in [0.3, 0.4) is 0 Å². The standard InChI is InChI=1S/C17H25N3O/c1-3-20(4-2)13-11-18-12-14-21-17-9-5-8-16-15(17)7-6-10-19-16/h5-10,18H,3-4,11-14H2,1-2H3. The second-order valence-corrected chi connectivity index (χ2v) is 4.95. The molecule has 114 valence electrons. The fraction of sp³-hybridized carbons (Fsp3) is 0.471. The van der Waals surface area contributed by atoms with E-state index in [-0.39, 0.29) is 0 Å². The quantitative estimate of drug-likeness (QED) is 0.719. The highest BCUT2D eigenvalue weighted by molar-refractivity contribution is 5.84. The molecule has 1 heterocycles. The van der Waals surface area contributed by atoms with E-state index >= 15 is 0 Å². The van der Waals surface area contributed by atoms with Gasteiger partial charge in [-0.3, -0.25) is 4.98 Å². The number of nitrogens with zero attached hydrogens (tertiary/aromatic N) is 2. The number of benzene rings is 1. The Hall–Kier alpha value is -1.65. The van der Waals surface area contributed by atoms with Gasteiger partial charge in [0, 0.05) is 31.2 Å². The van der Waals surface area contributed by atoms with Crippen molar-refractivity contribution < 1.29 is 4.74 Å². The highest BCUT2D eigenvalue weighted by atomic mass is 16.5. The SMILES string of the molecule is CCN(CC)CCNCCOc1cccc2ncccc12. The second-order valence-electron chi connectivity index (χ2n) is 4.95. The molecule has 0 saturated carbocycles. The highest BCUT2D eigenvalue weighted by Gasteiger charge is 2.02. The molecule has 21 heavy (non-hydrogen) atoms. The minimum Gasteiger partial charge on any atom is -0.492 e. The first-order chi connectivity index (χ1) is 10.3. The molecule has 0 unspecified atom stereocenters. The van der Waals surface area contributed by atoms with E-state index in [1.807, 2.05) is 30.3 Å². The Morgan fingerprint density at radius 3 is 2.76 bits per heavy atom. The molecule has 4 heteroatoms. The van der Waals surface area contributed by atoms with Gasteiger partial charge >= 0.3 is 0 Å². The summed E-state index contributed by atoms with van der Waals surface area (Å²) in [6, 6.07) is 9.98. The number of fused-ring (bicyclic) bond motifs is 1. The highest BCUT2D eigenvalue weighted by Crippen LogP contribution is 2.23. The maximum atomic E-state index is 5.86. The number of ether oxygens (including phenoxy) is 1. The Labute approximate surface area is 127 Å². The lowest BCUT2D eigenvalue weighted by Crippen LogP contribution is -2.33. The molecular weight excluding hydrogens is 262 g/mol. The number of rotatable bonds is 9. The van der Waals surface area contributed by atoms with Crippen LogP contribution in [0.4, 0.5) is 0 Å². The topological polar surface area (TPSA) is 37.4 Å². The Kier molecular flexibility index (Phi) is 6.44. The van der Waals surface area contributed by atoms with E-state index in [2.05, 4.69) is 29.0 Å². The van der Waals surface area contributed by atoms with Crippen LogP contribution in [0.25, 0.3) is 10.9 Å². The second kappa shape index (κ2) is 8.60. The van der Waals surface area contributed by atoms with Gasteiger partial charge in [-0.15, -0.1) is 0 Å². The molecule has 0 aliphatic carbocycles. The van der Waals surface area contributed by atoms with Crippen LogP contribution in [0.1, 0.15) is 13.8 Å². The first-order valence-corrected chi connectivity index (χ1v) is 7.74. The molecule has 1 aromatic heterocycles. The van der Waals surface area contributed by atoms with E-state index in [0.717, 1.165) is 49.4 Å². The van der Waals surface area contributed by atoms with Gasteiger partial charge in [0.1, 0.15) is 12.4 Å². The van der Waals surface area contributed by atoms with Crippen molar-refractivity contribution in [3.05, 3.63) is 36.5 Å². The average Bonchev–Trinajstić information content (AvgIpc) is 2.54. The van der Waals surface area contributed by atoms with E-state index < -0.39 is 0 Å². The van der Waals surface area contributed by atoms with Crippen molar-refractivity contribution in [1.82, 2.24) is 15.2 Å². The van der Waals surface area contributed by atoms with Gasteiger partial charge in [0.2, 0.25) is 0 Å². The molecule has 0 fully saturated rings. The van der Waals surface area contributed by atoms with E-state index in [0.29, 0.717) is 6.61 Å². The van der Waals surface area contributed by atoms with Gasteiger partial charge in [0.15, 0.2) is 0 Å². The smallest absolute Gasteiger partial charge is 0.128 e. The van der Waals surface area contributed by atoms with E-state index in [1.54, 1.807) is 6.20 Å². The summed E-state index contributed by atoms with van der Waals surface area (Å²) in [7, 11) is 0. The van der Waals surface area contributed by atoms with Crippen molar-refractivity contribution in [3.63, 3.8) is 0 Å². The van der Waals surface area contributed by atoms with Gasteiger partial charge in [-0.05, 0) is 37.4 Å². The van der Waals surface area contributed by atoms with Crippen LogP contribution in [0.15, 0.2) is 36.5 Å². The van der Waals surface area contributed by atoms with Gasteiger partial charge in [-0.2, -0.15) is 0 Å². The zero-order valence-corrected chi connectivity index (χ0v) is 13.0. The minimum absolute atomic E-state index is 0.673. The molecular formula is C17H25N3O. The molecule has 1 N–H and O–H groups in total. The Morgan fingerprint density at radius 2 is 1.95 bits per heavy atom. The van der Waals surface area contributed by atoms with Crippen molar-refractivity contribution in [3.8, 4) is 5.75 Å². The third kappa shape index (κ3) is 4.69. The fourth-order valence-electron chi connectivity index (χ4n) is 2.34. The first kappa shape index (κ1) is 15.7. The van der Waals surface area contributed by atoms with E-state index in [1.165, 1.54) is 0 Å². The molecule has 0 bridgehead atoms. The number of aromatic nitrogens is 1. The summed E-state index contributed by atoms with van der Waals surface area (Å²) in [4.78, 5) is 6.74. The molecule has 0 radical (unpaired) electrons. The van der Waals surface area contributed by atoms with Gasteiger partial charge in [-0.1, -0.05) is 19.9 Å². The summed E-state index contributed by atoms with van der Waals surface area (Å²) in [6.45, 7) is 10.2. The number of hydrogen-bond donors (Lipinski definition) is 1. The van der Waals surface area contributed by atoms with Crippen LogP contribution in [0.5, 0.6) is 5.75 Å². The molecule has 0 atom stereocenters. The van der Waals surface area contributed by atoms with Crippen LogP contribution in [-0.2, 0) is 0 Å². The molecule has 0 spiro atoms. The maximum absolute atomic E-state index is 5.86. The molecule has 1 aromatic carbocycles. The number of nitrogens with one attached hydrogen (secondary N) is 1. The molecule has 2 rings (SSSR count). The van der Waals surface area contributed by atoms with Gasteiger partial charge in [0.05, 0.1) is 5.52 Å². The van der Waals surface area contributed by atoms with Crippen molar-refractivity contribution in [2.75, 3.05) is 39.3 Å². The monoisotopic (exact) mass is 287 g/mol. The summed E-state index contributed by atoms with van der Waals surface area (Å²) in [5.41, 5.74) is 0.976. The van der Waals surface area contributed by atoms with Gasteiger partial charge in [0.25, 0.3) is 0 Å². The Morgan fingerprint density at radius 1 is 1.10 bits per heavy atom. The molecule has 4 nitrogen and oxygen atoms in total. The predicted molar refractivity (Wildman–Crippen MR) is 87.9 cm³/mol. The molecule has 2 aromatic rings. The molecule has 0 amide bonds. The summed E-state index contributed by atoms with van der Waals surface area (Å²) < 4.78 is 5.86. The summed E-state index contributed by atoms with van der Waals surface area (Å²) in [6.07, 6.45) is 1.81.